The highest BCUT2D eigenvalue weighted by atomic mass is 35.5. The monoisotopic (exact) mass is 285 g/mol. The Kier molecular flexibility index (Phi) is 7.03. The van der Waals surface area contributed by atoms with Gasteiger partial charge in [0, 0.05) is 23.2 Å². The van der Waals surface area contributed by atoms with E-state index >= 15 is 0 Å². The molecule has 0 amide bonds. The van der Waals surface area contributed by atoms with Gasteiger partial charge in [0.15, 0.2) is 11.5 Å². The van der Waals surface area contributed by atoms with Crippen molar-refractivity contribution in [2.45, 2.75) is 46.3 Å². The predicted octanol–water partition coefficient (Wildman–Crippen LogP) is 4.03. The van der Waals surface area contributed by atoms with Crippen LogP contribution in [0, 0.1) is 0 Å². The molecule has 0 unspecified atom stereocenters. The van der Waals surface area contributed by atoms with E-state index in [4.69, 9.17) is 21.1 Å². The molecule has 0 spiro atoms. The molecule has 1 rings (SSSR count). The molecule has 0 fully saturated rings. The van der Waals surface area contributed by atoms with Gasteiger partial charge >= 0.3 is 0 Å². The summed E-state index contributed by atoms with van der Waals surface area (Å²) in [5.41, 5.74) is 1.04. The maximum absolute atomic E-state index is 6.11. The molecular weight excluding hydrogens is 262 g/mol. The van der Waals surface area contributed by atoms with Crippen LogP contribution in [0.2, 0.25) is 5.02 Å². The summed E-state index contributed by atoms with van der Waals surface area (Å²) in [6, 6.07) is 3.72. The van der Waals surface area contributed by atoms with E-state index in [0.717, 1.165) is 30.8 Å². The SMILES string of the molecule is CCCCNCc1cc(Cl)cc(OC)c1OC(C)C. The van der Waals surface area contributed by atoms with Crippen LogP contribution in [0.15, 0.2) is 12.1 Å². The molecule has 0 atom stereocenters. The average Bonchev–Trinajstić information content (AvgIpc) is 2.36. The number of nitrogens with one attached hydrogen (secondary N) is 1. The first kappa shape index (κ1) is 16.1. The summed E-state index contributed by atoms with van der Waals surface area (Å²) in [5.74, 6) is 1.47. The van der Waals surface area contributed by atoms with Gasteiger partial charge in [-0.15, -0.1) is 0 Å². The summed E-state index contributed by atoms with van der Waals surface area (Å²) in [6.07, 6.45) is 2.45. The summed E-state index contributed by atoms with van der Waals surface area (Å²) in [6.45, 7) is 7.91. The van der Waals surface area contributed by atoms with Crippen molar-refractivity contribution in [3.63, 3.8) is 0 Å². The zero-order chi connectivity index (χ0) is 14.3. The third kappa shape index (κ3) is 5.29. The molecule has 108 valence electrons. The third-order valence-electron chi connectivity index (χ3n) is 2.69. The number of halogens is 1. The molecule has 1 N–H and O–H groups in total. The fourth-order valence-electron chi connectivity index (χ4n) is 1.80. The van der Waals surface area contributed by atoms with Gasteiger partial charge in [-0.05, 0) is 32.9 Å². The molecule has 19 heavy (non-hydrogen) atoms. The Morgan fingerprint density at radius 3 is 2.63 bits per heavy atom. The molecule has 3 nitrogen and oxygen atoms in total. The van der Waals surface area contributed by atoms with Gasteiger partial charge in [0.25, 0.3) is 0 Å². The Hall–Kier alpha value is -0.930. The number of ether oxygens (including phenoxy) is 2. The van der Waals surface area contributed by atoms with Crippen LogP contribution in [-0.4, -0.2) is 19.8 Å². The van der Waals surface area contributed by atoms with Crippen LogP contribution in [0.25, 0.3) is 0 Å². The molecule has 1 aromatic carbocycles. The van der Waals surface area contributed by atoms with Crippen LogP contribution in [0.5, 0.6) is 11.5 Å². The number of unbranched alkanes of at least 4 members (excludes halogenated alkanes) is 1. The van der Waals surface area contributed by atoms with Crippen LogP contribution in [0.4, 0.5) is 0 Å². The standard InChI is InChI=1S/C15H24ClNO2/c1-5-6-7-17-10-12-8-13(16)9-14(18-4)15(12)19-11(2)3/h8-9,11,17H,5-7,10H2,1-4H3. The lowest BCUT2D eigenvalue weighted by Gasteiger charge is -2.18. The summed E-state index contributed by atoms with van der Waals surface area (Å²) < 4.78 is 11.2. The molecular formula is C15H24ClNO2. The van der Waals surface area contributed by atoms with Crippen LogP contribution in [0.1, 0.15) is 39.2 Å². The fourth-order valence-corrected chi connectivity index (χ4v) is 2.03. The Morgan fingerprint density at radius 2 is 2.05 bits per heavy atom. The van der Waals surface area contributed by atoms with Crippen molar-refractivity contribution >= 4 is 11.6 Å². The van der Waals surface area contributed by atoms with E-state index in [1.165, 1.54) is 6.42 Å². The highest BCUT2D eigenvalue weighted by molar-refractivity contribution is 6.30. The van der Waals surface area contributed by atoms with Gasteiger partial charge in [0.1, 0.15) is 0 Å². The highest BCUT2D eigenvalue weighted by Gasteiger charge is 2.13. The van der Waals surface area contributed by atoms with E-state index in [1.807, 2.05) is 19.9 Å². The van der Waals surface area contributed by atoms with Gasteiger partial charge in [-0.2, -0.15) is 0 Å². The van der Waals surface area contributed by atoms with Gasteiger partial charge in [-0.1, -0.05) is 24.9 Å². The lowest BCUT2D eigenvalue weighted by atomic mass is 10.1. The molecule has 0 aromatic heterocycles. The highest BCUT2D eigenvalue weighted by Crippen LogP contribution is 2.35. The topological polar surface area (TPSA) is 30.5 Å². The molecule has 4 heteroatoms. The van der Waals surface area contributed by atoms with E-state index in [9.17, 15) is 0 Å². The van der Waals surface area contributed by atoms with Gasteiger partial charge < -0.3 is 14.8 Å². The van der Waals surface area contributed by atoms with E-state index in [-0.39, 0.29) is 6.10 Å². The molecule has 0 heterocycles. The third-order valence-corrected chi connectivity index (χ3v) is 2.91. The number of benzene rings is 1. The van der Waals surface area contributed by atoms with E-state index in [0.29, 0.717) is 10.8 Å². The normalized spacial score (nSPS) is 10.8. The van der Waals surface area contributed by atoms with Crippen LogP contribution >= 0.6 is 11.6 Å². The van der Waals surface area contributed by atoms with E-state index in [2.05, 4.69) is 12.2 Å². The minimum Gasteiger partial charge on any atom is -0.493 e. The Balaban J connectivity index is 2.88. The van der Waals surface area contributed by atoms with Gasteiger partial charge in [0.05, 0.1) is 13.2 Å². The molecule has 0 saturated carbocycles. The van der Waals surface area contributed by atoms with Crippen molar-refractivity contribution in [1.82, 2.24) is 5.32 Å². The Labute approximate surface area is 121 Å². The van der Waals surface area contributed by atoms with Crippen molar-refractivity contribution in [1.29, 1.82) is 0 Å². The summed E-state index contributed by atoms with van der Waals surface area (Å²) >= 11 is 6.11. The quantitative estimate of drug-likeness (QED) is 0.732. The molecule has 1 aromatic rings. The molecule has 0 saturated heterocycles. The van der Waals surface area contributed by atoms with Gasteiger partial charge in [-0.25, -0.2) is 0 Å². The second-order valence-corrected chi connectivity index (χ2v) is 5.23. The minimum absolute atomic E-state index is 0.101. The summed E-state index contributed by atoms with van der Waals surface area (Å²) in [5, 5.41) is 4.07. The minimum atomic E-state index is 0.101. The molecule has 0 aliphatic rings. The van der Waals surface area contributed by atoms with E-state index in [1.54, 1.807) is 13.2 Å². The molecule has 0 radical (unpaired) electrons. The number of hydrogen-bond acceptors (Lipinski definition) is 3. The lowest BCUT2D eigenvalue weighted by Crippen LogP contribution is -2.17. The number of hydrogen-bond donors (Lipinski definition) is 1. The zero-order valence-corrected chi connectivity index (χ0v) is 13.0. The van der Waals surface area contributed by atoms with Crippen molar-refractivity contribution < 1.29 is 9.47 Å². The van der Waals surface area contributed by atoms with Crippen LogP contribution in [0.3, 0.4) is 0 Å². The van der Waals surface area contributed by atoms with Crippen molar-refractivity contribution in [2.24, 2.45) is 0 Å². The smallest absolute Gasteiger partial charge is 0.166 e. The lowest BCUT2D eigenvalue weighted by molar-refractivity contribution is 0.227. The average molecular weight is 286 g/mol. The van der Waals surface area contributed by atoms with Crippen LogP contribution < -0.4 is 14.8 Å². The van der Waals surface area contributed by atoms with Crippen molar-refractivity contribution in [3.8, 4) is 11.5 Å². The van der Waals surface area contributed by atoms with Gasteiger partial charge in [-0.3, -0.25) is 0 Å². The van der Waals surface area contributed by atoms with Crippen molar-refractivity contribution in [3.05, 3.63) is 22.7 Å². The summed E-state index contributed by atoms with van der Waals surface area (Å²) in [4.78, 5) is 0. The van der Waals surface area contributed by atoms with Crippen LogP contribution in [-0.2, 0) is 6.54 Å². The van der Waals surface area contributed by atoms with Crippen molar-refractivity contribution in [2.75, 3.05) is 13.7 Å². The first-order valence-corrected chi connectivity index (χ1v) is 7.20. The Bertz CT molecular complexity index is 394. The number of methoxy groups -OCH3 is 1. The molecule has 0 aliphatic carbocycles. The predicted molar refractivity (Wildman–Crippen MR) is 80.4 cm³/mol. The molecule has 0 bridgehead atoms. The first-order chi connectivity index (χ1) is 9.08. The zero-order valence-electron chi connectivity index (χ0n) is 12.3. The van der Waals surface area contributed by atoms with E-state index < -0.39 is 0 Å². The second-order valence-electron chi connectivity index (χ2n) is 4.79. The summed E-state index contributed by atoms with van der Waals surface area (Å²) in [7, 11) is 1.63. The number of rotatable bonds is 8. The second kappa shape index (κ2) is 8.28. The maximum Gasteiger partial charge on any atom is 0.166 e. The maximum atomic E-state index is 6.11. The molecule has 0 aliphatic heterocycles. The Morgan fingerprint density at radius 1 is 1.32 bits per heavy atom. The van der Waals surface area contributed by atoms with Gasteiger partial charge in [0.2, 0.25) is 0 Å². The first-order valence-electron chi connectivity index (χ1n) is 6.82. The fraction of sp³-hybridized carbons (Fsp3) is 0.600. The largest absolute Gasteiger partial charge is 0.493 e.